The summed E-state index contributed by atoms with van der Waals surface area (Å²) in [4.78, 5) is 24.8. The van der Waals surface area contributed by atoms with E-state index in [0.717, 1.165) is 44.9 Å². The first-order valence-corrected chi connectivity index (χ1v) is 11.7. The van der Waals surface area contributed by atoms with E-state index in [9.17, 15) is 9.59 Å². The number of rotatable bonds is 15. The Labute approximate surface area is 194 Å². The Morgan fingerprint density at radius 2 is 1.28 bits per heavy atom. The van der Waals surface area contributed by atoms with Crippen molar-refractivity contribution in [1.29, 1.82) is 0 Å². The Morgan fingerprint density at radius 3 is 1.69 bits per heavy atom. The normalized spacial score (nSPS) is 15.4. The minimum absolute atomic E-state index is 0.0882. The maximum atomic E-state index is 12.1. The molecule has 174 valence electrons. The Hall–Kier alpha value is -2.88. The number of nitrogens with zero attached hydrogens (tertiary/aromatic N) is 1. The highest BCUT2D eigenvalue weighted by Gasteiger charge is 2.19. The van der Waals surface area contributed by atoms with Gasteiger partial charge in [0.25, 0.3) is 0 Å². The number of carbonyl (C=O) groups excluding carboxylic acids is 1. The van der Waals surface area contributed by atoms with Crippen molar-refractivity contribution in [2.24, 2.45) is 0 Å². The van der Waals surface area contributed by atoms with Crippen LogP contribution in [0.3, 0.4) is 0 Å². The third kappa shape index (κ3) is 14.2. The van der Waals surface area contributed by atoms with E-state index < -0.39 is 5.97 Å². The molecule has 0 saturated heterocycles. The van der Waals surface area contributed by atoms with Crippen LogP contribution in [-0.2, 0) is 9.59 Å². The van der Waals surface area contributed by atoms with Crippen LogP contribution >= 0.6 is 0 Å². The van der Waals surface area contributed by atoms with Crippen LogP contribution in [0.4, 0.5) is 0 Å². The lowest BCUT2D eigenvalue weighted by Crippen LogP contribution is -2.35. The molecule has 1 aliphatic heterocycles. The Kier molecular flexibility index (Phi) is 16.0. The molecular formula is C28H39NO3. The predicted molar refractivity (Wildman–Crippen MR) is 134 cm³/mol. The van der Waals surface area contributed by atoms with Gasteiger partial charge >= 0.3 is 5.97 Å². The van der Waals surface area contributed by atoms with Crippen LogP contribution in [0.1, 0.15) is 64.7 Å². The summed E-state index contributed by atoms with van der Waals surface area (Å²) < 4.78 is 0. The average molecular weight is 438 g/mol. The number of carbonyl (C=O) groups is 2. The summed E-state index contributed by atoms with van der Waals surface area (Å²) in [5.41, 5.74) is 0.408. The van der Waals surface area contributed by atoms with E-state index in [1.54, 1.807) is 11.0 Å². The fourth-order valence-corrected chi connectivity index (χ4v) is 3.09. The third-order valence-corrected chi connectivity index (χ3v) is 4.96. The van der Waals surface area contributed by atoms with Crippen LogP contribution in [0.15, 0.2) is 84.6 Å². The van der Waals surface area contributed by atoms with Gasteiger partial charge in [-0.05, 0) is 51.4 Å². The number of carboxylic acids is 1. The lowest BCUT2D eigenvalue weighted by atomic mass is 10.1. The first-order chi connectivity index (χ1) is 15.6. The van der Waals surface area contributed by atoms with E-state index in [0.29, 0.717) is 31.5 Å². The van der Waals surface area contributed by atoms with Gasteiger partial charge < -0.3 is 10.0 Å². The number of aliphatic carboxylic acids is 1. The van der Waals surface area contributed by atoms with Crippen LogP contribution in [-0.4, -0.2) is 35.0 Å². The zero-order valence-corrected chi connectivity index (χ0v) is 19.5. The van der Waals surface area contributed by atoms with Gasteiger partial charge in [0.1, 0.15) is 0 Å². The van der Waals surface area contributed by atoms with Gasteiger partial charge in [-0.25, -0.2) is 4.79 Å². The fraction of sp³-hybridized carbons (Fsp3) is 0.429. The summed E-state index contributed by atoms with van der Waals surface area (Å²) in [5, 5.41) is 8.94. The predicted octanol–water partition coefficient (Wildman–Crippen LogP) is 6.71. The molecule has 0 aromatic rings. The largest absolute Gasteiger partial charge is 0.478 e. The minimum atomic E-state index is -0.880. The van der Waals surface area contributed by atoms with Crippen molar-refractivity contribution in [3.05, 3.63) is 84.6 Å². The summed E-state index contributed by atoms with van der Waals surface area (Å²) >= 11 is 0. The number of hydrogen-bond acceptors (Lipinski definition) is 2. The summed E-state index contributed by atoms with van der Waals surface area (Å²) in [6.45, 7) is 3.05. The van der Waals surface area contributed by atoms with Gasteiger partial charge in [-0.2, -0.15) is 0 Å². The maximum Gasteiger partial charge on any atom is 0.331 e. The van der Waals surface area contributed by atoms with Crippen molar-refractivity contribution >= 4 is 11.9 Å². The minimum Gasteiger partial charge on any atom is -0.478 e. The van der Waals surface area contributed by atoms with Crippen LogP contribution in [0.5, 0.6) is 0 Å². The summed E-state index contributed by atoms with van der Waals surface area (Å²) in [6.07, 6.45) is 35.1. The third-order valence-electron chi connectivity index (χ3n) is 4.96. The molecule has 1 amide bonds. The van der Waals surface area contributed by atoms with E-state index in [1.165, 1.54) is 0 Å². The Bertz CT molecular complexity index is 751. The fourth-order valence-electron chi connectivity index (χ4n) is 3.09. The highest BCUT2D eigenvalue weighted by Crippen LogP contribution is 2.12. The van der Waals surface area contributed by atoms with Gasteiger partial charge in [0, 0.05) is 25.1 Å². The number of carboxylic acid groups (broad SMARTS) is 1. The van der Waals surface area contributed by atoms with Gasteiger partial charge in [-0.3, -0.25) is 4.79 Å². The molecule has 0 unspecified atom stereocenters. The van der Waals surface area contributed by atoms with Gasteiger partial charge in [-0.15, -0.1) is 0 Å². The lowest BCUT2D eigenvalue weighted by Gasteiger charge is -2.25. The molecular weight excluding hydrogens is 398 g/mol. The van der Waals surface area contributed by atoms with E-state index in [-0.39, 0.29) is 5.91 Å². The molecule has 0 bridgehead atoms. The molecule has 32 heavy (non-hydrogen) atoms. The van der Waals surface area contributed by atoms with Crippen molar-refractivity contribution in [1.82, 2.24) is 4.90 Å². The van der Waals surface area contributed by atoms with E-state index in [2.05, 4.69) is 73.8 Å². The molecule has 0 spiro atoms. The number of amides is 1. The van der Waals surface area contributed by atoms with Crippen LogP contribution in [0, 0.1) is 0 Å². The van der Waals surface area contributed by atoms with Crippen LogP contribution in [0.2, 0.25) is 0 Å². The molecule has 0 atom stereocenters. The van der Waals surface area contributed by atoms with Crippen molar-refractivity contribution < 1.29 is 14.7 Å². The van der Waals surface area contributed by atoms with Crippen molar-refractivity contribution in [3.63, 3.8) is 0 Å². The summed E-state index contributed by atoms with van der Waals surface area (Å²) in [5.74, 6) is -0.791. The molecule has 0 radical (unpaired) electrons. The maximum absolute atomic E-state index is 12.1. The monoisotopic (exact) mass is 437 g/mol. The molecule has 4 heteroatoms. The molecule has 0 aromatic carbocycles. The SMILES string of the molecule is CC/C=C\C/C=C\C/C=C\C/C=C\C/C=C\C/C=C\CCC(=O)N1CC=C(C(=O)O)CC1. The van der Waals surface area contributed by atoms with Crippen molar-refractivity contribution in [3.8, 4) is 0 Å². The summed E-state index contributed by atoms with van der Waals surface area (Å²) in [6, 6.07) is 0. The molecule has 1 rings (SSSR count). The van der Waals surface area contributed by atoms with Crippen molar-refractivity contribution in [2.75, 3.05) is 13.1 Å². The van der Waals surface area contributed by atoms with Gasteiger partial charge in [0.15, 0.2) is 0 Å². The second-order valence-electron chi connectivity index (χ2n) is 7.58. The van der Waals surface area contributed by atoms with E-state index in [1.807, 2.05) is 6.08 Å². The molecule has 0 aliphatic carbocycles. The number of hydrogen-bond donors (Lipinski definition) is 1. The zero-order valence-electron chi connectivity index (χ0n) is 19.5. The molecule has 4 nitrogen and oxygen atoms in total. The lowest BCUT2D eigenvalue weighted by molar-refractivity contribution is -0.134. The molecule has 1 N–H and O–H groups in total. The first kappa shape index (κ1) is 27.2. The Morgan fingerprint density at radius 1 is 0.812 bits per heavy atom. The standard InChI is InChI=1S/C28H39NO3/c1-2-3-4-5-6-7-8-9-10-11-12-13-14-15-16-17-18-19-20-21-27(30)29-24-22-26(23-25-29)28(31)32/h3-4,6-7,9-10,12-13,15-16,18-19,22H,2,5,8,11,14,17,20-21,23-25H2,1H3,(H,31,32)/b4-3-,7-6-,10-9-,13-12-,16-15-,19-18-. The molecule has 1 aliphatic rings. The number of allylic oxidation sites excluding steroid dienone is 12. The second kappa shape index (κ2) is 18.9. The van der Waals surface area contributed by atoms with Gasteiger partial charge in [0.2, 0.25) is 5.91 Å². The average Bonchev–Trinajstić information content (AvgIpc) is 2.80. The molecule has 0 aromatic heterocycles. The molecule has 0 fully saturated rings. The topological polar surface area (TPSA) is 57.6 Å². The van der Waals surface area contributed by atoms with Crippen LogP contribution in [0.25, 0.3) is 0 Å². The summed E-state index contributed by atoms with van der Waals surface area (Å²) in [7, 11) is 0. The second-order valence-corrected chi connectivity index (χ2v) is 7.58. The van der Waals surface area contributed by atoms with E-state index >= 15 is 0 Å². The smallest absolute Gasteiger partial charge is 0.331 e. The van der Waals surface area contributed by atoms with Gasteiger partial charge in [0.05, 0.1) is 0 Å². The van der Waals surface area contributed by atoms with E-state index in [4.69, 9.17) is 5.11 Å². The van der Waals surface area contributed by atoms with Crippen LogP contribution < -0.4 is 0 Å². The van der Waals surface area contributed by atoms with Gasteiger partial charge in [-0.1, -0.05) is 85.9 Å². The quantitative estimate of drug-likeness (QED) is 0.290. The Balaban J connectivity index is 2.03. The zero-order chi connectivity index (χ0) is 23.3. The highest BCUT2D eigenvalue weighted by atomic mass is 16.4. The first-order valence-electron chi connectivity index (χ1n) is 11.7. The highest BCUT2D eigenvalue weighted by molar-refractivity contribution is 5.87. The molecule has 1 heterocycles. The molecule has 0 saturated carbocycles. The van der Waals surface area contributed by atoms with Crippen molar-refractivity contribution in [2.45, 2.75) is 64.7 Å².